The van der Waals surface area contributed by atoms with Gasteiger partial charge in [0.15, 0.2) is 0 Å². The number of rotatable bonds is 7. The van der Waals surface area contributed by atoms with Crippen molar-refractivity contribution < 1.29 is 23.7 Å². The fourth-order valence-corrected chi connectivity index (χ4v) is 7.59. The molecule has 0 aromatic rings. The van der Waals surface area contributed by atoms with Gasteiger partial charge in [-0.3, -0.25) is 0 Å². The molecule has 4 rings (SSSR count). The third-order valence-corrected chi connectivity index (χ3v) is 9.22. The van der Waals surface area contributed by atoms with Crippen LogP contribution in [-0.4, -0.2) is 59.7 Å². The Bertz CT molecular complexity index is 714. The summed E-state index contributed by atoms with van der Waals surface area (Å²) < 4.78 is 29.7. The largest absolute Gasteiger partial charge is 0.393 e. The minimum Gasteiger partial charge on any atom is -0.393 e. The first kappa shape index (κ1) is 25.3. The summed E-state index contributed by atoms with van der Waals surface area (Å²) in [6.45, 7) is 4.70. The lowest BCUT2D eigenvalue weighted by Crippen LogP contribution is -2.37. The SMILES string of the molecule is CC(CCN1CC[C@@H](OC(F)F)C1)[C@H]1CC[C@H]2/C(=C/C=C3C[C@@H](O)C[C@H](O)C3)CCC[C@]12C. The minimum absolute atomic E-state index is 0.319. The van der Waals surface area contributed by atoms with Crippen LogP contribution in [0.5, 0.6) is 0 Å². The van der Waals surface area contributed by atoms with Crippen molar-refractivity contribution in [2.45, 2.75) is 103 Å². The first-order valence-electron chi connectivity index (χ1n) is 13.1. The zero-order valence-corrected chi connectivity index (χ0v) is 20.4. The highest BCUT2D eigenvalue weighted by Gasteiger charge is 2.50. The van der Waals surface area contributed by atoms with E-state index >= 15 is 0 Å². The minimum atomic E-state index is -2.67. The van der Waals surface area contributed by atoms with Crippen molar-refractivity contribution in [2.24, 2.45) is 23.2 Å². The zero-order valence-electron chi connectivity index (χ0n) is 20.4. The number of alkyl halides is 2. The van der Waals surface area contributed by atoms with Crippen LogP contribution in [0.2, 0.25) is 0 Å². The molecule has 1 unspecified atom stereocenters. The number of hydrogen-bond donors (Lipinski definition) is 2. The summed E-state index contributed by atoms with van der Waals surface area (Å²) in [5.41, 5.74) is 3.07. The highest BCUT2D eigenvalue weighted by atomic mass is 19.3. The van der Waals surface area contributed by atoms with Crippen molar-refractivity contribution in [1.29, 1.82) is 0 Å². The van der Waals surface area contributed by atoms with Crippen molar-refractivity contribution in [3.8, 4) is 0 Å². The number of allylic oxidation sites excluding steroid dienone is 3. The van der Waals surface area contributed by atoms with Gasteiger partial charge in [-0.2, -0.15) is 8.78 Å². The monoisotopic (exact) mass is 467 g/mol. The molecule has 0 aromatic carbocycles. The van der Waals surface area contributed by atoms with E-state index in [1.165, 1.54) is 31.3 Å². The van der Waals surface area contributed by atoms with Gasteiger partial charge in [0.2, 0.25) is 0 Å². The van der Waals surface area contributed by atoms with Crippen LogP contribution in [0.3, 0.4) is 0 Å². The first-order valence-corrected chi connectivity index (χ1v) is 13.1. The lowest BCUT2D eigenvalue weighted by molar-refractivity contribution is -0.158. The summed E-state index contributed by atoms with van der Waals surface area (Å²) in [5, 5.41) is 20.0. The summed E-state index contributed by atoms with van der Waals surface area (Å²) in [6.07, 6.45) is 13.2. The van der Waals surface area contributed by atoms with Gasteiger partial charge in [-0.05, 0) is 93.9 Å². The van der Waals surface area contributed by atoms with E-state index in [9.17, 15) is 19.0 Å². The van der Waals surface area contributed by atoms with Crippen LogP contribution in [-0.2, 0) is 4.74 Å². The van der Waals surface area contributed by atoms with Crippen molar-refractivity contribution in [2.75, 3.05) is 19.6 Å². The van der Waals surface area contributed by atoms with Crippen LogP contribution in [0.4, 0.5) is 8.78 Å². The van der Waals surface area contributed by atoms with Crippen LogP contribution >= 0.6 is 0 Å². The topological polar surface area (TPSA) is 52.9 Å². The molecule has 1 aliphatic heterocycles. The molecule has 2 N–H and O–H groups in total. The van der Waals surface area contributed by atoms with Gasteiger partial charge in [-0.15, -0.1) is 0 Å². The van der Waals surface area contributed by atoms with Gasteiger partial charge in [0.1, 0.15) is 0 Å². The van der Waals surface area contributed by atoms with E-state index < -0.39 is 18.8 Å². The maximum Gasteiger partial charge on any atom is 0.345 e. The lowest BCUT2D eigenvalue weighted by Gasteiger charge is -2.44. The van der Waals surface area contributed by atoms with Crippen LogP contribution in [0.15, 0.2) is 23.3 Å². The molecule has 0 spiro atoms. The molecule has 0 radical (unpaired) electrons. The number of ether oxygens (including phenoxy) is 1. The number of hydrogen-bond acceptors (Lipinski definition) is 4. The lowest BCUT2D eigenvalue weighted by atomic mass is 9.61. The Morgan fingerprint density at radius 3 is 2.64 bits per heavy atom. The third-order valence-electron chi connectivity index (χ3n) is 9.22. The maximum absolute atomic E-state index is 12.5. The summed E-state index contributed by atoms with van der Waals surface area (Å²) >= 11 is 0. The quantitative estimate of drug-likeness (QED) is 0.533. The van der Waals surface area contributed by atoms with Crippen LogP contribution in [0.1, 0.15) is 78.1 Å². The van der Waals surface area contributed by atoms with E-state index in [1.807, 2.05) is 0 Å². The van der Waals surface area contributed by atoms with Crippen molar-refractivity contribution in [3.05, 3.63) is 23.3 Å². The molecule has 0 amide bonds. The van der Waals surface area contributed by atoms with Crippen molar-refractivity contribution >= 4 is 0 Å². The van der Waals surface area contributed by atoms with Crippen molar-refractivity contribution in [3.63, 3.8) is 0 Å². The predicted octanol–water partition coefficient (Wildman–Crippen LogP) is 5.30. The Morgan fingerprint density at radius 2 is 1.91 bits per heavy atom. The molecule has 1 heterocycles. The second kappa shape index (κ2) is 10.8. The highest BCUT2D eigenvalue weighted by Crippen LogP contribution is 2.59. The van der Waals surface area contributed by atoms with Crippen LogP contribution < -0.4 is 0 Å². The van der Waals surface area contributed by atoms with E-state index in [0.29, 0.717) is 55.4 Å². The maximum atomic E-state index is 12.5. The number of fused-ring (bicyclic) bond motifs is 1. The third kappa shape index (κ3) is 6.06. The van der Waals surface area contributed by atoms with Gasteiger partial charge in [0, 0.05) is 13.1 Å². The Labute approximate surface area is 198 Å². The number of aliphatic hydroxyl groups is 2. The van der Waals surface area contributed by atoms with E-state index in [4.69, 9.17) is 4.74 Å². The Morgan fingerprint density at radius 1 is 1.15 bits per heavy atom. The summed E-state index contributed by atoms with van der Waals surface area (Å²) in [7, 11) is 0. The van der Waals surface area contributed by atoms with Gasteiger partial charge in [-0.1, -0.05) is 37.1 Å². The van der Waals surface area contributed by atoms with Crippen LogP contribution in [0, 0.1) is 23.2 Å². The van der Waals surface area contributed by atoms with Gasteiger partial charge in [0.05, 0.1) is 18.3 Å². The molecule has 0 bridgehead atoms. The fraction of sp³-hybridized carbons (Fsp3) is 0.852. The number of aliphatic hydroxyl groups excluding tert-OH is 2. The Kier molecular flexibility index (Phi) is 8.31. The van der Waals surface area contributed by atoms with Gasteiger partial charge >= 0.3 is 6.61 Å². The molecule has 6 heteroatoms. The Hall–Kier alpha value is -0.820. The molecule has 1 saturated heterocycles. The molecule has 3 aliphatic carbocycles. The summed E-state index contributed by atoms with van der Waals surface area (Å²) in [6, 6.07) is 0. The molecule has 3 saturated carbocycles. The molecular weight excluding hydrogens is 424 g/mol. The molecule has 4 nitrogen and oxygen atoms in total. The highest BCUT2D eigenvalue weighted by molar-refractivity contribution is 5.26. The smallest absolute Gasteiger partial charge is 0.345 e. The van der Waals surface area contributed by atoms with Crippen LogP contribution in [0.25, 0.3) is 0 Å². The average molecular weight is 468 g/mol. The number of nitrogens with zero attached hydrogens (tertiary/aromatic N) is 1. The summed E-state index contributed by atoms with van der Waals surface area (Å²) in [4.78, 5) is 2.30. The van der Waals surface area contributed by atoms with E-state index in [-0.39, 0.29) is 6.10 Å². The standard InChI is InChI=1S/C27H43F2NO3/c1-18(9-12-30-13-10-23(17-30)33-26(28)29)24-7-8-25-20(4-3-11-27(24,25)2)6-5-19-14-21(31)16-22(32)15-19/h5-6,18,21-26,31-32H,3-4,7-17H2,1-2H3/b20-6+/t18?,21-,22-,23-,24-,25+,27-/m1/s1. The molecule has 0 aromatic heterocycles. The average Bonchev–Trinajstić information content (AvgIpc) is 3.33. The van der Waals surface area contributed by atoms with Gasteiger partial charge in [-0.25, -0.2) is 0 Å². The molecule has 33 heavy (non-hydrogen) atoms. The molecular formula is C27H43F2NO3. The van der Waals surface area contributed by atoms with Gasteiger partial charge < -0.3 is 19.8 Å². The zero-order chi connectivity index (χ0) is 23.6. The molecule has 7 atom stereocenters. The molecule has 4 aliphatic rings. The number of halogens is 2. The van der Waals surface area contributed by atoms with Gasteiger partial charge in [0.25, 0.3) is 0 Å². The first-order chi connectivity index (χ1) is 15.7. The normalized spacial score (nSPS) is 39.9. The predicted molar refractivity (Wildman–Crippen MR) is 126 cm³/mol. The second-order valence-electron chi connectivity index (χ2n) is 11.5. The van der Waals surface area contributed by atoms with E-state index in [2.05, 4.69) is 30.9 Å². The summed E-state index contributed by atoms with van der Waals surface area (Å²) in [5.74, 6) is 1.95. The second-order valence-corrected chi connectivity index (χ2v) is 11.5. The molecule has 188 valence electrons. The Balaban J connectivity index is 1.34. The molecule has 4 fully saturated rings. The van der Waals surface area contributed by atoms with E-state index in [0.717, 1.165) is 25.9 Å². The fourth-order valence-electron chi connectivity index (χ4n) is 7.59. The van der Waals surface area contributed by atoms with E-state index in [1.54, 1.807) is 5.57 Å². The van der Waals surface area contributed by atoms with Crippen molar-refractivity contribution in [1.82, 2.24) is 4.90 Å². The number of likely N-dealkylation sites (tertiary alicyclic amines) is 1.